The van der Waals surface area contributed by atoms with Gasteiger partial charge in [0.25, 0.3) is 0 Å². The summed E-state index contributed by atoms with van der Waals surface area (Å²) in [4.78, 5) is 14.7. The van der Waals surface area contributed by atoms with E-state index in [1.165, 1.54) is 11.1 Å². The molecule has 0 spiro atoms. The lowest BCUT2D eigenvalue weighted by Crippen LogP contribution is -2.40. The highest BCUT2D eigenvalue weighted by atomic mass is 16.5. The van der Waals surface area contributed by atoms with Gasteiger partial charge in [0, 0.05) is 13.1 Å². The number of nitrogens with one attached hydrogen (secondary N) is 1. The molecule has 1 amide bonds. The van der Waals surface area contributed by atoms with Crippen molar-refractivity contribution in [2.75, 3.05) is 26.3 Å². The predicted octanol–water partition coefficient (Wildman–Crippen LogP) is 3.72. The first-order valence-corrected chi connectivity index (χ1v) is 10.1. The highest BCUT2D eigenvalue weighted by molar-refractivity contribution is 5.78. The van der Waals surface area contributed by atoms with E-state index in [-0.39, 0.29) is 11.9 Å². The van der Waals surface area contributed by atoms with E-state index >= 15 is 0 Å². The quantitative estimate of drug-likeness (QED) is 0.756. The number of benzene rings is 2. The van der Waals surface area contributed by atoms with Crippen molar-refractivity contribution in [1.82, 2.24) is 10.2 Å². The first kappa shape index (κ1) is 20.2. The second-order valence-corrected chi connectivity index (χ2v) is 7.09. The van der Waals surface area contributed by atoms with Crippen LogP contribution >= 0.6 is 0 Å². The normalized spacial score (nSPS) is 14.8. The van der Waals surface area contributed by atoms with Crippen LogP contribution in [-0.4, -0.2) is 37.1 Å². The average molecular weight is 383 g/mol. The molecule has 28 heavy (non-hydrogen) atoms. The summed E-state index contributed by atoms with van der Waals surface area (Å²) in [6, 6.07) is 14.2. The van der Waals surface area contributed by atoms with Crippen LogP contribution < -0.4 is 14.8 Å². The third kappa shape index (κ3) is 5.04. The van der Waals surface area contributed by atoms with E-state index in [9.17, 15) is 4.79 Å². The van der Waals surface area contributed by atoms with Crippen LogP contribution in [0.5, 0.6) is 11.5 Å². The smallest absolute Gasteiger partial charge is 0.234 e. The summed E-state index contributed by atoms with van der Waals surface area (Å²) >= 11 is 0. The van der Waals surface area contributed by atoms with Crippen molar-refractivity contribution in [2.24, 2.45) is 0 Å². The lowest BCUT2D eigenvalue weighted by molar-refractivity contribution is -0.123. The van der Waals surface area contributed by atoms with E-state index in [4.69, 9.17) is 9.47 Å². The molecule has 1 aliphatic heterocycles. The molecule has 0 fully saturated rings. The molecule has 150 valence electrons. The molecule has 1 heterocycles. The van der Waals surface area contributed by atoms with Crippen LogP contribution in [0.2, 0.25) is 0 Å². The molecule has 3 rings (SSSR count). The molecule has 5 nitrogen and oxygen atoms in total. The van der Waals surface area contributed by atoms with E-state index < -0.39 is 0 Å². The van der Waals surface area contributed by atoms with Crippen LogP contribution in [0.4, 0.5) is 0 Å². The second-order valence-electron chi connectivity index (χ2n) is 7.09. The summed E-state index contributed by atoms with van der Waals surface area (Å²) in [6.45, 7) is 9.18. The van der Waals surface area contributed by atoms with Crippen LogP contribution in [0.15, 0.2) is 42.5 Å². The fraction of sp³-hybridized carbons (Fsp3) is 0.435. The average Bonchev–Trinajstić information content (AvgIpc) is 2.69. The van der Waals surface area contributed by atoms with Crippen LogP contribution in [0.1, 0.15) is 43.5 Å². The van der Waals surface area contributed by atoms with Crippen molar-refractivity contribution in [3.63, 3.8) is 0 Å². The Labute approximate surface area is 167 Å². The molecule has 1 aliphatic rings. The molecule has 0 saturated heterocycles. The third-order valence-electron chi connectivity index (χ3n) is 5.00. The zero-order valence-corrected chi connectivity index (χ0v) is 17.0. The van der Waals surface area contributed by atoms with E-state index in [2.05, 4.69) is 22.3 Å². The topological polar surface area (TPSA) is 50.8 Å². The van der Waals surface area contributed by atoms with E-state index in [0.717, 1.165) is 36.6 Å². The maximum atomic E-state index is 12.5. The van der Waals surface area contributed by atoms with Crippen LogP contribution in [0.3, 0.4) is 0 Å². The van der Waals surface area contributed by atoms with Gasteiger partial charge >= 0.3 is 0 Å². The van der Waals surface area contributed by atoms with Gasteiger partial charge in [-0.15, -0.1) is 0 Å². The van der Waals surface area contributed by atoms with E-state index in [1.54, 1.807) is 0 Å². The Bertz CT molecular complexity index is 792. The van der Waals surface area contributed by atoms with E-state index in [0.29, 0.717) is 19.8 Å². The Morgan fingerprint density at radius 2 is 1.71 bits per heavy atom. The first-order valence-electron chi connectivity index (χ1n) is 10.1. The fourth-order valence-electron chi connectivity index (χ4n) is 3.61. The minimum Gasteiger partial charge on any atom is -0.490 e. The highest BCUT2D eigenvalue weighted by Gasteiger charge is 2.22. The molecule has 2 aromatic carbocycles. The van der Waals surface area contributed by atoms with Gasteiger partial charge in [-0.2, -0.15) is 0 Å². The van der Waals surface area contributed by atoms with Gasteiger partial charge in [0.15, 0.2) is 11.5 Å². The lowest BCUT2D eigenvalue weighted by atomic mass is 9.98. The van der Waals surface area contributed by atoms with Crippen molar-refractivity contribution in [1.29, 1.82) is 0 Å². The molecule has 1 atom stereocenters. The number of carbonyl (C=O) groups is 1. The number of carbonyl (C=O) groups excluding carboxylic acids is 1. The molecule has 1 N–H and O–H groups in total. The summed E-state index contributed by atoms with van der Waals surface area (Å²) < 4.78 is 11.5. The maximum absolute atomic E-state index is 12.5. The lowest BCUT2D eigenvalue weighted by Gasteiger charge is -2.29. The van der Waals surface area contributed by atoms with E-state index in [1.807, 2.05) is 51.1 Å². The molecule has 0 unspecified atom stereocenters. The molecule has 0 bridgehead atoms. The maximum Gasteiger partial charge on any atom is 0.234 e. The fourth-order valence-corrected chi connectivity index (χ4v) is 3.61. The monoisotopic (exact) mass is 382 g/mol. The van der Waals surface area contributed by atoms with Gasteiger partial charge < -0.3 is 14.8 Å². The number of nitrogens with zero attached hydrogens (tertiary/aromatic N) is 1. The van der Waals surface area contributed by atoms with Crippen LogP contribution in [0, 0.1) is 0 Å². The van der Waals surface area contributed by atoms with Gasteiger partial charge in [-0.05, 0) is 56.0 Å². The molecule has 0 aromatic heterocycles. The molecular weight excluding hydrogens is 352 g/mol. The SMILES string of the molecule is CCOc1cc2c(cc1OCC)CN(CC(=O)N[C@@H](C)c1ccccc1)CC2. The van der Waals surface area contributed by atoms with Gasteiger partial charge in [-0.1, -0.05) is 30.3 Å². The molecule has 2 aromatic rings. The molecule has 0 saturated carbocycles. The number of hydrogen-bond donors (Lipinski definition) is 1. The number of hydrogen-bond acceptors (Lipinski definition) is 4. The number of amides is 1. The standard InChI is InChI=1S/C23H30N2O3/c1-4-27-21-13-19-11-12-25(15-20(19)14-22(21)28-5-2)16-23(26)24-17(3)18-9-7-6-8-10-18/h6-10,13-14,17H,4-5,11-12,15-16H2,1-3H3,(H,24,26)/t17-/m0/s1. The molecule has 5 heteroatoms. The van der Waals surface area contributed by atoms with Crippen molar-refractivity contribution in [3.05, 3.63) is 59.2 Å². The van der Waals surface area contributed by atoms with Crippen molar-refractivity contribution < 1.29 is 14.3 Å². The Balaban J connectivity index is 1.62. The van der Waals surface area contributed by atoms with Gasteiger partial charge in [-0.3, -0.25) is 9.69 Å². The third-order valence-corrected chi connectivity index (χ3v) is 5.00. The minimum atomic E-state index is 0.00378. The first-order chi connectivity index (χ1) is 13.6. The molecule has 0 radical (unpaired) electrons. The van der Waals surface area contributed by atoms with Crippen LogP contribution in [0.25, 0.3) is 0 Å². The summed E-state index contributed by atoms with van der Waals surface area (Å²) in [5.41, 5.74) is 3.60. The van der Waals surface area contributed by atoms with Gasteiger partial charge in [0.1, 0.15) is 0 Å². The summed E-state index contributed by atoms with van der Waals surface area (Å²) in [6.07, 6.45) is 0.906. The van der Waals surface area contributed by atoms with Crippen molar-refractivity contribution in [2.45, 2.75) is 39.8 Å². The van der Waals surface area contributed by atoms with Gasteiger partial charge in [-0.25, -0.2) is 0 Å². The second kappa shape index (κ2) is 9.60. The van der Waals surface area contributed by atoms with Gasteiger partial charge in [0.2, 0.25) is 5.91 Å². The number of fused-ring (bicyclic) bond motifs is 1. The summed E-state index contributed by atoms with van der Waals surface area (Å²) in [5, 5.41) is 3.10. The summed E-state index contributed by atoms with van der Waals surface area (Å²) in [7, 11) is 0. The minimum absolute atomic E-state index is 0.00378. The summed E-state index contributed by atoms with van der Waals surface area (Å²) in [5.74, 6) is 1.65. The van der Waals surface area contributed by atoms with Crippen molar-refractivity contribution in [3.8, 4) is 11.5 Å². The zero-order valence-electron chi connectivity index (χ0n) is 17.0. The zero-order chi connectivity index (χ0) is 19.9. The van der Waals surface area contributed by atoms with Crippen LogP contribution in [-0.2, 0) is 17.8 Å². The van der Waals surface area contributed by atoms with Gasteiger partial charge in [0.05, 0.1) is 25.8 Å². The highest BCUT2D eigenvalue weighted by Crippen LogP contribution is 2.33. The Morgan fingerprint density at radius 1 is 1.07 bits per heavy atom. The molecule has 0 aliphatic carbocycles. The Kier molecular flexibility index (Phi) is 6.93. The molecular formula is C23H30N2O3. The number of ether oxygens (including phenoxy) is 2. The van der Waals surface area contributed by atoms with Crippen molar-refractivity contribution >= 4 is 5.91 Å². The Hall–Kier alpha value is -2.53. The Morgan fingerprint density at radius 3 is 2.36 bits per heavy atom. The largest absolute Gasteiger partial charge is 0.490 e. The number of rotatable bonds is 8. The predicted molar refractivity (Wildman–Crippen MR) is 111 cm³/mol.